The smallest absolute Gasteiger partial charge is 0.211 e. The first-order chi connectivity index (χ1) is 6.57. The van der Waals surface area contributed by atoms with Gasteiger partial charge >= 0.3 is 0 Å². The Morgan fingerprint density at radius 2 is 2.06 bits per heavy atom. The maximum Gasteiger partial charge on any atom is 0.211 e. The van der Waals surface area contributed by atoms with Crippen molar-refractivity contribution in [3.05, 3.63) is 17.8 Å². The SMILES string of the molecule is CC(C)(C)c1coc(C2CCCN2)n1.Cl.Cl. The van der Waals surface area contributed by atoms with Gasteiger partial charge in [0.2, 0.25) is 5.89 Å². The molecule has 1 aromatic heterocycles. The molecule has 0 aromatic carbocycles. The van der Waals surface area contributed by atoms with E-state index in [1.807, 2.05) is 0 Å². The van der Waals surface area contributed by atoms with E-state index in [9.17, 15) is 0 Å². The first-order valence-corrected chi connectivity index (χ1v) is 5.26. The van der Waals surface area contributed by atoms with E-state index < -0.39 is 0 Å². The molecule has 1 fully saturated rings. The first-order valence-electron chi connectivity index (χ1n) is 5.26. The lowest BCUT2D eigenvalue weighted by Gasteiger charge is -2.13. The third-order valence-electron chi connectivity index (χ3n) is 2.65. The molecular weight excluding hydrogens is 247 g/mol. The van der Waals surface area contributed by atoms with E-state index in [2.05, 4.69) is 31.1 Å². The van der Waals surface area contributed by atoms with Crippen LogP contribution in [0.5, 0.6) is 0 Å². The monoisotopic (exact) mass is 266 g/mol. The molecule has 2 rings (SSSR count). The largest absolute Gasteiger partial charge is 0.447 e. The fourth-order valence-corrected chi connectivity index (χ4v) is 1.69. The highest BCUT2D eigenvalue weighted by Gasteiger charge is 2.24. The van der Waals surface area contributed by atoms with Crippen LogP contribution in [0.2, 0.25) is 0 Å². The molecule has 1 aliphatic rings. The number of halogens is 2. The molecule has 5 heteroatoms. The van der Waals surface area contributed by atoms with Gasteiger partial charge in [0.05, 0.1) is 11.7 Å². The molecule has 1 saturated heterocycles. The van der Waals surface area contributed by atoms with Crippen LogP contribution in [0.1, 0.15) is 51.2 Å². The molecule has 1 atom stereocenters. The number of hydrogen-bond acceptors (Lipinski definition) is 3. The molecule has 16 heavy (non-hydrogen) atoms. The van der Waals surface area contributed by atoms with Crippen LogP contribution < -0.4 is 5.32 Å². The predicted molar refractivity (Wildman–Crippen MR) is 69.7 cm³/mol. The van der Waals surface area contributed by atoms with Crippen molar-refractivity contribution in [1.29, 1.82) is 0 Å². The van der Waals surface area contributed by atoms with Gasteiger partial charge in [0.15, 0.2) is 0 Å². The average Bonchev–Trinajstić information content (AvgIpc) is 2.73. The van der Waals surface area contributed by atoms with Crippen LogP contribution in [0, 0.1) is 0 Å². The first kappa shape index (κ1) is 15.8. The molecule has 94 valence electrons. The van der Waals surface area contributed by atoms with Crippen molar-refractivity contribution in [1.82, 2.24) is 10.3 Å². The lowest BCUT2D eigenvalue weighted by molar-refractivity contribution is 0.429. The lowest BCUT2D eigenvalue weighted by atomic mass is 9.93. The summed E-state index contributed by atoms with van der Waals surface area (Å²) in [5.41, 5.74) is 1.13. The second kappa shape index (κ2) is 5.89. The molecule has 1 N–H and O–H groups in total. The molecular formula is C11H20Cl2N2O. The van der Waals surface area contributed by atoms with Gasteiger partial charge in [0.1, 0.15) is 6.26 Å². The number of rotatable bonds is 1. The molecule has 0 saturated carbocycles. The third-order valence-corrected chi connectivity index (χ3v) is 2.65. The Kier molecular flexibility index (Phi) is 5.80. The summed E-state index contributed by atoms with van der Waals surface area (Å²) >= 11 is 0. The number of aromatic nitrogens is 1. The summed E-state index contributed by atoms with van der Waals surface area (Å²) in [6.45, 7) is 7.53. The van der Waals surface area contributed by atoms with Crippen molar-refractivity contribution in [2.45, 2.75) is 45.1 Å². The van der Waals surface area contributed by atoms with Crippen molar-refractivity contribution < 1.29 is 4.42 Å². The van der Waals surface area contributed by atoms with Crippen LogP contribution in [0.25, 0.3) is 0 Å². The zero-order valence-corrected chi connectivity index (χ0v) is 11.6. The highest BCUT2D eigenvalue weighted by Crippen LogP contribution is 2.26. The van der Waals surface area contributed by atoms with Crippen LogP contribution >= 0.6 is 24.8 Å². The van der Waals surface area contributed by atoms with Crippen LogP contribution in [-0.4, -0.2) is 11.5 Å². The van der Waals surface area contributed by atoms with Crippen LogP contribution in [0.3, 0.4) is 0 Å². The maximum atomic E-state index is 5.50. The minimum atomic E-state index is 0. The third kappa shape index (κ3) is 3.37. The average molecular weight is 267 g/mol. The summed E-state index contributed by atoms with van der Waals surface area (Å²) in [5.74, 6) is 0.854. The normalized spacial score (nSPS) is 20.1. The van der Waals surface area contributed by atoms with E-state index in [0.717, 1.165) is 24.6 Å². The van der Waals surface area contributed by atoms with Crippen LogP contribution in [0.4, 0.5) is 0 Å². The lowest BCUT2D eigenvalue weighted by Crippen LogP contribution is -2.15. The van der Waals surface area contributed by atoms with E-state index in [1.54, 1.807) is 6.26 Å². The quantitative estimate of drug-likeness (QED) is 0.848. The second-order valence-electron chi connectivity index (χ2n) is 4.97. The summed E-state index contributed by atoms with van der Waals surface area (Å²) in [5, 5.41) is 3.38. The summed E-state index contributed by atoms with van der Waals surface area (Å²) in [7, 11) is 0. The van der Waals surface area contributed by atoms with Gasteiger partial charge in [-0.25, -0.2) is 4.98 Å². The minimum absolute atomic E-state index is 0. The molecule has 0 spiro atoms. The van der Waals surface area contributed by atoms with Crippen LogP contribution in [0.15, 0.2) is 10.7 Å². The zero-order valence-electron chi connectivity index (χ0n) is 9.95. The topological polar surface area (TPSA) is 38.1 Å². The number of nitrogens with zero attached hydrogens (tertiary/aromatic N) is 1. The standard InChI is InChI=1S/C11H18N2O.2ClH/c1-11(2,3)9-7-14-10(13-9)8-5-4-6-12-8;;/h7-8,12H,4-6H2,1-3H3;2*1H. The second-order valence-corrected chi connectivity index (χ2v) is 4.97. The highest BCUT2D eigenvalue weighted by atomic mass is 35.5. The summed E-state index contributed by atoms with van der Waals surface area (Å²) < 4.78 is 5.50. The maximum absolute atomic E-state index is 5.50. The summed E-state index contributed by atoms with van der Waals surface area (Å²) in [6, 6.07) is 0.339. The Balaban J connectivity index is 0.00000112. The van der Waals surface area contributed by atoms with E-state index in [0.29, 0.717) is 6.04 Å². The van der Waals surface area contributed by atoms with E-state index in [1.165, 1.54) is 6.42 Å². The van der Waals surface area contributed by atoms with Crippen molar-refractivity contribution in [2.24, 2.45) is 0 Å². The van der Waals surface area contributed by atoms with Gasteiger partial charge in [-0.1, -0.05) is 20.8 Å². The molecule has 1 aliphatic heterocycles. The van der Waals surface area contributed by atoms with Crippen molar-refractivity contribution in [3.8, 4) is 0 Å². The van der Waals surface area contributed by atoms with E-state index in [4.69, 9.17) is 4.42 Å². The Hall–Kier alpha value is -0.250. The molecule has 0 bridgehead atoms. The van der Waals surface area contributed by atoms with Gasteiger partial charge in [-0.15, -0.1) is 24.8 Å². The molecule has 1 unspecified atom stereocenters. The van der Waals surface area contributed by atoms with Gasteiger partial charge in [-0.3, -0.25) is 0 Å². The Labute approximate surface area is 109 Å². The van der Waals surface area contributed by atoms with Crippen molar-refractivity contribution in [2.75, 3.05) is 6.54 Å². The Bertz CT molecular complexity index is 314. The fourth-order valence-electron chi connectivity index (χ4n) is 1.69. The minimum Gasteiger partial charge on any atom is -0.447 e. The number of hydrogen-bond donors (Lipinski definition) is 1. The van der Waals surface area contributed by atoms with Crippen LogP contribution in [-0.2, 0) is 5.41 Å². The van der Waals surface area contributed by atoms with Crippen molar-refractivity contribution >= 4 is 24.8 Å². The molecule has 3 nitrogen and oxygen atoms in total. The van der Waals surface area contributed by atoms with Crippen molar-refractivity contribution in [3.63, 3.8) is 0 Å². The van der Waals surface area contributed by atoms with Gasteiger partial charge in [-0.05, 0) is 19.4 Å². The van der Waals surface area contributed by atoms with E-state index in [-0.39, 0.29) is 30.2 Å². The summed E-state index contributed by atoms with van der Waals surface area (Å²) in [6.07, 6.45) is 4.15. The zero-order chi connectivity index (χ0) is 10.2. The Morgan fingerprint density at radius 1 is 1.38 bits per heavy atom. The molecule has 0 aliphatic carbocycles. The molecule has 2 heterocycles. The number of oxazole rings is 1. The molecule has 1 aromatic rings. The molecule has 0 amide bonds. The van der Waals surface area contributed by atoms with E-state index >= 15 is 0 Å². The van der Waals surface area contributed by atoms with Gasteiger partial charge in [0, 0.05) is 5.41 Å². The predicted octanol–water partition coefficient (Wildman–Crippen LogP) is 3.24. The Morgan fingerprint density at radius 3 is 2.50 bits per heavy atom. The fraction of sp³-hybridized carbons (Fsp3) is 0.727. The number of nitrogens with one attached hydrogen (secondary N) is 1. The summed E-state index contributed by atoms with van der Waals surface area (Å²) in [4.78, 5) is 4.53. The molecule has 0 radical (unpaired) electrons. The van der Waals surface area contributed by atoms with Gasteiger partial charge in [0.25, 0.3) is 0 Å². The van der Waals surface area contributed by atoms with Gasteiger partial charge < -0.3 is 9.73 Å². The highest BCUT2D eigenvalue weighted by molar-refractivity contribution is 5.85. The van der Waals surface area contributed by atoms with Gasteiger partial charge in [-0.2, -0.15) is 0 Å².